The zero-order chi connectivity index (χ0) is 25.6. The number of hydrogen-bond donors (Lipinski definition) is 0. The Labute approximate surface area is 206 Å². The number of halogens is 3. The zero-order valence-electron chi connectivity index (χ0n) is 20.2. The van der Waals surface area contributed by atoms with Gasteiger partial charge in [0.2, 0.25) is 0 Å². The molecule has 2 aliphatic heterocycles. The summed E-state index contributed by atoms with van der Waals surface area (Å²) < 4.78 is 50.8. The van der Waals surface area contributed by atoms with E-state index in [-0.39, 0.29) is 6.04 Å². The van der Waals surface area contributed by atoms with Crippen molar-refractivity contribution in [2.45, 2.75) is 33.0 Å². The number of benzene rings is 2. The second kappa shape index (κ2) is 8.82. The highest BCUT2D eigenvalue weighted by Crippen LogP contribution is 2.40. The van der Waals surface area contributed by atoms with Gasteiger partial charge >= 0.3 is 6.18 Å². The minimum Gasteiger partial charge on any atom is -0.495 e. The van der Waals surface area contributed by atoms with Crippen molar-refractivity contribution in [2.24, 2.45) is 0 Å². The molecular formula is C27H24F3N5O. The molecule has 9 heteroatoms. The van der Waals surface area contributed by atoms with E-state index in [2.05, 4.69) is 15.2 Å². The third-order valence-electron chi connectivity index (χ3n) is 6.31. The Kier molecular flexibility index (Phi) is 5.78. The van der Waals surface area contributed by atoms with Gasteiger partial charge in [-0.15, -0.1) is 10.2 Å². The van der Waals surface area contributed by atoms with Gasteiger partial charge in [-0.25, -0.2) is 4.98 Å². The number of imidazole rings is 1. The maximum Gasteiger partial charge on any atom is 0.417 e. The van der Waals surface area contributed by atoms with Crippen molar-refractivity contribution in [3.8, 4) is 34.1 Å². The minimum absolute atomic E-state index is 0.317. The first-order valence-electron chi connectivity index (χ1n) is 11.4. The van der Waals surface area contributed by atoms with Crippen LogP contribution in [-0.2, 0) is 6.18 Å². The average Bonchev–Trinajstić information content (AvgIpc) is 3.49. The van der Waals surface area contributed by atoms with Crippen LogP contribution in [0.5, 0.6) is 5.75 Å². The molecule has 3 heterocycles. The molecule has 2 aromatic carbocycles. The molecule has 36 heavy (non-hydrogen) atoms. The first-order chi connectivity index (χ1) is 17.2. The Morgan fingerprint density at radius 3 is 2.33 bits per heavy atom. The van der Waals surface area contributed by atoms with E-state index in [0.717, 1.165) is 34.8 Å². The van der Waals surface area contributed by atoms with Gasteiger partial charge in [0, 0.05) is 23.5 Å². The van der Waals surface area contributed by atoms with E-state index in [1.54, 1.807) is 30.1 Å². The van der Waals surface area contributed by atoms with Gasteiger partial charge in [0.05, 0.1) is 36.4 Å². The van der Waals surface area contributed by atoms with Crippen LogP contribution in [0.15, 0.2) is 67.3 Å². The molecule has 0 radical (unpaired) electrons. The fourth-order valence-electron chi connectivity index (χ4n) is 4.30. The number of fused-ring (bicyclic) bond motifs is 1. The summed E-state index contributed by atoms with van der Waals surface area (Å²) in [5.74, 6) is 0.910. The fraction of sp³-hybridized carbons (Fsp3) is 0.222. The Morgan fingerprint density at radius 2 is 1.69 bits per heavy atom. The minimum atomic E-state index is -4.53. The molecule has 2 aliphatic rings. The summed E-state index contributed by atoms with van der Waals surface area (Å²) in [5, 5.41) is 8.62. The quantitative estimate of drug-likeness (QED) is 0.282. The van der Waals surface area contributed by atoms with Crippen LogP contribution >= 0.6 is 0 Å². The molecule has 0 fully saturated rings. The van der Waals surface area contributed by atoms with Crippen molar-refractivity contribution in [1.29, 1.82) is 0 Å². The largest absolute Gasteiger partial charge is 0.495 e. The number of pyridine rings is 1. The molecule has 0 saturated heterocycles. The van der Waals surface area contributed by atoms with Crippen LogP contribution in [0.3, 0.4) is 0 Å². The predicted octanol–water partition coefficient (Wildman–Crippen LogP) is 6.49. The van der Waals surface area contributed by atoms with Crippen molar-refractivity contribution in [1.82, 2.24) is 24.3 Å². The van der Waals surface area contributed by atoms with Gasteiger partial charge in [0.1, 0.15) is 11.4 Å². The number of ether oxygens (including phenoxy) is 1. The van der Waals surface area contributed by atoms with E-state index in [1.807, 2.05) is 61.9 Å². The number of hydrogen-bond acceptors (Lipinski definition) is 4. The molecule has 0 spiro atoms. The standard InChI is InChI=1S/C27H24F3N5O/c1-16-5-7-19(8-6-16)18(3)35-14-21(27(28,29)30)12-22-25(32-33-26(22)35)20-9-10-23(24(11-20)36-4)34-13-17(2)31-15-34/h5-15,18H,1-4H3. The van der Waals surface area contributed by atoms with Gasteiger partial charge in [-0.05, 0) is 44.5 Å². The first-order valence-corrected chi connectivity index (χ1v) is 11.4. The molecule has 1 unspecified atom stereocenters. The molecule has 0 bridgehead atoms. The first kappa shape index (κ1) is 23.6. The van der Waals surface area contributed by atoms with Gasteiger partial charge in [-0.1, -0.05) is 35.9 Å². The van der Waals surface area contributed by atoms with E-state index in [4.69, 9.17) is 4.74 Å². The van der Waals surface area contributed by atoms with Crippen molar-refractivity contribution in [3.63, 3.8) is 0 Å². The third-order valence-corrected chi connectivity index (χ3v) is 6.31. The molecular weight excluding hydrogens is 467 g/mol. The van der Waals surface area contributed by atoms with E-state index >= 15 is 0 Å². The highest BCUT2D eigenvalue weighted by Gasteiger charge is 2.34. The second-order valence-electron chi connectivity index (χ2n) is 8.82. The van der Waals surface area contributed by atoms with Crippen molar-refractivity contribution in [2.75, 3.05) is 7.11 Å². The SMILES string of the molecule is COc1cc(-c2nnc3n(C(C)c4ccc(C)cc4)cc(C(F)(F)F)cc2-3)ccc1-n1cnc(C)c1. The molecule has 0 saturated carbocycles. The molecule has 184 valence electrons. The second-order valence-corrected chi connectivity index (χ2v) is 8.82. The maximum absolute atomic E-state index is 13.9. The Bertz CT molecular complexity index is 1500. The topological polar surface area (TPSA) is 57.8 Å². The highest BCUT2D eigenvalue weighted by molar-refractivity contribution is 5.80. The predicted molar refractivity (Wildman–Crippen MR) is 130 cm³/mol. The number of methoxy groups -OCH3 is 1. The van der Waals surface area contributed by atoms with Crippen LogP contribution < -0.4 is 4.74 Å². The number of rotatable bonds is 5. The van der Waals surface area contributed by atoms with E-state index in [9.17, 15) is 13.2 Å². The monoisotopic (exact) mass is 491 g/mol. The van der Waals surface area contributed by atoms with Crippen LogP contribution in [0.1, 0.15) is 35.3 Å². The smallest absolute Gasteiger partial charge is 0.417 e. The van der Waals surface area contributed by atoms with E-state index < -0.39 is 11.7 Å². The summed E-state index contributed by atoms with van der Waals surface area (Å²) in [4.78, 5) is 4.25. The third kappa shape index (κ3) is 4.21. The number of alkyl halides is 3. The van der Waals surface area contributed by atoms with Crippen molar-refractivity contribution < 1.29 is 17.9 Å². The highest BCUT2D eigenvalue weighted by atomic mass is 19.4. The summed E-state index contributed by atoms with van der Waals surface area (Å²) in [5.41, 5.74) is 4.06. The zero-order valence-corrected chi connectivity index (χ0v) is 20.2. The average molecular weight is 492 g/mol. The van der Waals surface area contributed by atoms with Crippen molar-refractivity contribution >= 4 is 0 Å². The molecule has 0 N–H and O–H groups in total. The van der Waals surface area contributed by atoms with E-state index in [0.29, 0.717) is 28.4 Å². The van der Waals surface area contributed by atoms with Crippen LogP contribution in [-0.4, -0.2) is 31.4 Å². The van der Waals surface area contributed by atoms with Crippen LogP contribution in [0.4, 0.5) is 13.2 Å². The summed E-state index contributed by atoms with van der Waals surface area (Å²) in [7, 11) is 1.54. The summed E-state index contributed by atoms with van der Waals surface area (Å²) in [6, 6.07) is 13.8. The van der Waals surface area contributed by atoms with Gasteiger partial charge < -0.3 is 13.9 Å². The lowest BCUT2D eigenvalue weighted by Crippen LogP contribution is -2.15. The van der Waals surface area contributed by atoms with Gasteiger partial charge in [-0.2, -0.15) is 13.2 Å². The number of nitrogens with zero attached hydrogens (tertiary/aromatic N) is 5. The van der Waals surface area contributed by atoms with Crippen LogP contribution in [0.25, 0.3) is 28.3 Å². The van der Waals surface area contributed by atoms with Gasteiger partial charge in [-0.3, -0.25) is 0 Å². The number of aromatic nitrogens is 5. The lowest BCUT2D eigenvalue weighted by atomic mass is 10.0. The molecule has 3 aromatic rings. The van der Waals surface area contributed by atoms with E-state index in [1.165, 1.54) is 0 Å². The fourth-order valence-corrected chi connectivity index (χ4v) is 4.30. The summed E-state index contributed by atoms with van der Waals surface area (Å²) in [6.45, 7) is 5.70. The molecule has 0 amide bonds. The molecule has 1 atom stereocenters. The van der Waals surface area contributed by atoms with Crippen LogP contribution in [0.2, 0.25) is 0 Å². The van der Waals surface area contributed by atoms with Crippen LogP contribution in [0, 0.1) is 13.8 Å². The maximum atomic E-state index is 13.9. The lowest BCUT2D eigenvalue weighted by Gasteiger charge is -2.22. The molecule has 6 nitrogen and oxygen atoms in total. The molecule has 5 rings (SSSR count). The summed E-state index contributed by atoms with van der Waals surface area (Å²) >= 11 is 0. The normalized spacial score (nSPS) is 12.8. The Balaban J connectivity index is 1.64. The molecule has 0 aliphatic carbocycles. The van der Waals surface area contributed by atoms with Gasteiger partial charge in [0.15, 0.2) is 5.82 Å². The number of aryl methyl sites for hydroxylation is 2. The van der Waals surface area contributed by atoms with Gasteiger partial charge in [0.25, 0.3) is 0 Å². The Hall–Kier alpha value is -4.14. The summed E-state index contributed by atoms with van der Waals surface area (Å²) in [6.07, 6.45) is 0.116. The molecule has 1 aromatic heterocycles. The van der Waals surface area contributed by atoms with Crippen molar-refractivity contribution in [3.05, 3.63) is 89.6 Å². The lowest BCUT2D eigenvalue weighted by molar-refractivity contribution is -0.138. The Morgan fingerprint density at radius 1 is 0.944 bits per heavy atom.